The van der Waals surface area contributed by atoms with Crippen molar-refractivity contribution in [2.45, 2.75) is 36.8 Å². The van der Waals surface area contributed by atoms with Crippen LogP contribution in [0, 0.1) is 11.8 Å². The Morgan fingerprint density at radius 1 is 1.00 bits per heavy atom. The Labute approximate surface area is 177 Å². The first kappa shape index (κ1) is 21.0. The zero-order valence-corrected chi connectivity index (χ0v) is 17.3. The van der Waals surface area contributed by atoms with Gasteiger partial charge in [-0.05, 0) is 17.5 Å². The number of nitrogens with zero attached hydrogens (tertiary/aromatic N) is 1. The van der Waals surface area contributed by atoms with Gasteiger partial charge in [0.15, 0.2) is 0 Å². The molecule has 150 valence electrons. The fourth-order valence-corrected chi connectivity index (χ4v) is 4.24. The van der Waals surface area contributed by atoms with E-state index in [4.69, 9.17) is 0 Å². The molecule has 1 aliphatic rings. The molecule has 3 rings (SSSR count). The van der Waals surface area contributed by atoms with E-state index in [1.165, 1.54) is 11.1 Å². The Hall–Kier alpha value is -2.71. The summed E-state index contributed by atoms with van der Waals surface area (Å²) in [5.74, 6) is 7.02. The average Bonchev–Trinajstić information content (AvgIpc) is 2.75. The summed E-state index contributed by atoms with van der Waals surface area (Å²) >= 11 is 1.71. The van der Waals surface area contributed by atoms with E-state index >= 15 is 0 Å². The minimum atomic E-state index is -0.116. The molecular formula is C24H26N2O2S. The molecule has 0 aliphatic carbocycles. The molecule has 1 saturated heterocycles. The van der Waals surface area contributed by atoms with E-state index in [1.54, 1.807) is 16.7 Å². The quantitative estimate of drug-likeness (QED) is 0.393. The summed E-state index contributed by atoms with van der Waals surface area (Å²) in [6.07, 6.45) is 2.90. The fraction of sp³-hybridized carbons (Fsp3) is 0.333. The van der Waals surface area contributed by atoms with Crippen molar-refractivity contribution in [3.05, 3.63) is 71.8 Å². The fourth-order valence-electron chi connectivity index (χ4n) is 3.03. The van der Waals surface area contributed by atoms with Crippen molar-refractivity contribution in [1.82, 2.24) is 10.2 Å². The molecule has 1 atom stereocenters. The second kappa shape index (κ2) is 11.3. The van der Waals surface area contributed by atoms with Crippen LogP contribution in [0.15, 0.2) is 60.7 Å². The van der Waals surface area contributed by atoms with Gasteiger partial charge in [-0.1, -0.05) is 60.7 Å². The molecular weight excluding hydrogens is 380 g/mol. The lowest BCUT2D eigenvalue weighted by Crippen LogP contribution is -2.54. The van der Waals surface area contributed by atoms with Gasteiger partial charge in [-0.3, -0.25) is 9.59 Å². The third-order valence-electron chi connectivity index (χ3n) is 4.70. The van der Waals surface area contributed by atoms with Crippen LogP contribution in [0.4, 0.5) is 0 Å². The van der Waals surface area contributed by atoms with Crippen LogP contribution in [0.2, 0.25) is 0 Å². The highest BCUT2D eigenvalue weighted by molar-refractivity contribution is 7.99. The van der Waals surface area contributed by atoms with E-state index in [2.05, 4.69) is 41.4 Å². The molecule has 2 amide bonds. The smallest absolute Gasteiger partial charge is 0.239 e. The molecule has 1 heterocycles. The molecule has 29 heavy (non-hydrogen) atoms. The van der Waals surface area contributed by atoms with Crippen molar-refractivity contribution in [2.75, 3.05) is 13.1 Å². The molecule has 1 aliphatic heterocycles. The van der Waals surface area contributed by atoms with Crippen molar-refractivity contribution in [3.8, 4) is 11.8 Å². The molecule has 5 heteroatoms. The largest absolute Gasteiger partial charge is 0.354 e. The predicted octanol–water partition coefficient (Wildman–Crippen LogP) is 3.62. The highest BCUT2D eigenvalue weighted by Gasteiger charge is 2.37. The normalized spacial score (nSPS) is 15.2. The molecule has 2 aromatic carbocycles. The van der Waals surface area contributed by atoms with Crippen LogP contribution in [0.3, 0.4) is 0 Å². The van der Waals surface area contributed by atoms with E-state index in [-0.39, 0.29) is 23.7 Å². The van der Waals surface area contributed by atoms with Gasteiger partial charge in [0.1, 0.15) is 6.54 Å². The monoisotopic (exact) mass is 406 g/mol. The Morgan fingerprint density at radius 3 is 2.34 bits per heavy atom. The zero-order valence-electron chi connectivity index (χ0n) is 16.5. The maximum absolute atomic E-state index is 12.1. The summed E-state index contributed by atoms with van der Waals surface area (Å²) in [6.45, 7) is 0.647. The van der Waals surface area contributed by atoms with E-state index in [9.17, 15) is 9.59 Å². The first-order valence-electron chi connectivity index (χ1n) is 9.94. The molecule has 0 spiro atoms. The van der Waals surface area contributed by atoms with Gasteiger partial charge in [-0.2, -0.15) is 0 Å². The van der Waals surface area contributed by atoms with E-state index in [1.807, 2.05) is 36.4 Å². The standard InChI is InChI=1S/C24H26N2O2S/c27-22(25-16-10-2-1-5-11-20-12-6-3-7-13-20)18-26-23(28)17-24(26)29-19-21-14-8-4-9-15-21/h3-4,6-9,12-15,24H,5,10-11,16-19H2,(H,25,27). The van der Waals surface area contributed by atoms with Crippen LogP contribution in [-0.4, -0.2) is 35.2 Å². The van der Waals surface area contributed by atoms with Gasteiger partial charge in [0.05, 0.1) is 11.8 Å². The molecule has 4 nitrogen and oxygen atoms in total. The van der Waals surface area contributed by atoms with Crippen molar-refractivity contribution in [1.29, 1.82) is 0 Å². The van der Waals surface area contributed by atoms with Crippen molar-refractivity contribution in [3.63, 3.8) is 0 Å². The topological polar surface area (TPSA) is 49.4 Å². The molecule has 0 saturated carbocycles. The Bertz CT molecular complexity index is 859. The van der Waals surface area contributed by atoms with Crippen molar-refractivity contribution < 1.29 is 9.59 Å². The molecule has 1 N–H and O–H groups in total. The summed E-state index contributed by atoms with van der Waals surface area (Å²) < 4.78 is 0. The number of aryl methyl sites for hydroxylation is 1. The van der Waals surface area contributed by atoms with Crippen molar-refractivity contribution in [2.24, 2.45) is 0 Å². The van der Waals surface area contributed by atoms with Crippen LogP contribution < -0.4 is 5.32 Å². The second-order valence-corrected chi connectivity index (χ2v) is 8.08. The number of rotatable bonds is 9. The number of benzene rings is 2. The van der Waals surface area contributed by atoms with Gasteiger partial charge in [-0.15, -0.1) is 23.6 Å². The number of thioether (sulfide) groups is 1. The lowest BCUT2D eigenvalue weighted by molar-refractivity contribution is -0.145. The van der Waals surface area contributed by atoms with Crippen LogP contribution in [0.25, 0.3) is 0 Å². The highest BCUT2D eigenvalue weighted by Crippen LogP contribution is 2.31. The molecule has 0 bridgehead atoms. The lowest BCUT2D eigenvalue weighted by atomic mass is 10.1. The average molecular weight is 407 g/mol. The van der Waals surface area contributed by atoms with Crippen LogP contribution >= 0.6 is 11.8 Å². The Balaban J connectivity index is 1.29. The first-order valence-corrected chi connectivity index (χ1v) is 11.0. The summed E-state index contributed by atoms with van der Waals surface area (Å²) in [5, 5.41) is 2.95. The Kier molecular flexibility index (Phi) is 8.21. The minimum Gasteiger partial charge on any atom is -0.354 e. The predicted molar refractivity (Wildman–Crippen MR) is 118 cm³/mol. The number of amides is 2. The van der Waals surface area contributed by atoms with E-state index in [0.29, 0.717) is 19.4 Å². The van der Waals surface area contributed by atoms with Gasteiger partial charge < -0.3 is 10.2 Å². The molecule has 0 radical (unpaired) electrons. The number of likely N-dealkylation sites (tertiary alicyclic amines) is 1. The molecule has 0 aromatic heterocycles. The molecule has 2 aromatic rings. The number of carbonyl (C=O) groups excluding carboxylic acids is 2. The minimum absolute atomic E-state index is 0.0476. The van der Waals surface area contributed by atoms with Gasteiger partial charge in [0, 0.05) is 25.1 Å². The summed E-state index contributed by atoms with van der Waals surface area (Å²) in [6, 6.07) is 20.4. The van der Waals surface area contributed by atoms with Gasteiger partial charge in [-0.25, -0.2) is 0 Å². The van der Waals surface area contributed by atoms with Gasteiger partial charge in [0.25, 0.3) is 0 Å². The van der Waals surface area contributed by atoms with Gasteiger partial charge in [0.2, 0.25) is 11.8 Å². The number of hydrogen-bond acceptors (Lipinski definition) is 3. The molecule has 1 fully saturated rings. The van der Waals surface area contributed by atoms with Crippen molar-refractivity contribution >= 4 is 23.6 Å². The first-order chi connectivity index (χ1) is 14.2. The maximum atomic E-state index is 12.1. The lowest BCUT2D eigenvalue weighted by Gasteiger charge is -2.39. The maximum Gasteiger partial charge on any atom is 0.239 e. The number of hydrogen-bond donors (Lipinski definition) is 1. The highest BCUT2D eigenvalue weighted by atomic mass is 32.2. The Morgan fingerprint density at radius 2 is 1.66 bits per heavy atom. The van der Waals surface area contributed by atoms with Gasteiger partial charge >= 0.3 is 0 Å². The van der Waals surface area contributed by atoms with Crippen LogP contribution in [-0.2, 0) is 21.8 Å². The second-order valence-electron chi connectivity index (χ2n) is 6.92. The summed E-state index contributed by atoms with van der Waals surface area (Å²) in [5.41, 5.74) is 2.51. The van der Waals surface area contributed by atoms with E-state index in [0.717, 1.165) is 18.6 Å². The third kappa shape index (κ3) is 6.99. The SMILES string of the molecule is O=C(CN1C(=O)CC1SCc1ccccc1)NCCC#CCCc1ccccc1. The number of nitrogens with one attached hydrogen (secondary N) is 1. The van der Waals surface area contributed by atoms with E-state index < -0.39 is 0 Å². The van der Waals surface area contributed by atoms with Crippen LogP contribution in [0.1, 0.15) is 30.4 Å². The number of β-lactam (4-membered cyclic amide) rings is 1. The number of carbonyl (C=O) groups is 2. The summed E-state index contributed by atoms with van der Waals surface area (Å²) in [4.78, 5) is 25.6. The van der Waals surface area contributed by atoms with Crippen LogP contribution in [0.5, 0.6) is 0 Å². The third-order valence-corrected chi connectivity index (χ3v) is 6.00. The summed E-state index contributed by atoms with van der Waals surface area (Å²) in [7, 11) is 0. The molecule has 1 unspecified atom stereocenters. The zero-order chi connectivity index (χ0) is 20.3.